The highest BCUT2D eigenvalue weighted by Crippen LogP contribution is 2.24. The second-order valence-electron chi connectivity index (χ2n) is 6.81. The molecule has 0 radical (unpaired) electrons. The van der Waals surface area contributed by atoms with E-state index in [1.54, 1.807) is 0 Å². The predicted octanol–water partition coefficient (Wildman–Crippen LogP) is 3.15. The molecule has 1 N–H and O–H groups in total. The lowest BCUT2D eigenvalue weighted by atomic mass is 10.0. The Bertz CT molecular complexity index is 214. The largest absolute Gasteiger partial charge is 0.396 e. The molecule has 0 fully saturated rings. The SMILES string of the molecule is CC(C)(C)OC(C)(C)CCOC(C)(C)CCO. The smallest absolute Gasteiger partial charge is 0.0655 e. The van der Waals surface area contributed by atoms with E-state index in [1.807, 2.05) is 13.8 Å². The average Bonchev–Trinajstić information content (AvgIpc) is 1.96. The van der Waals surface area contributed by atoms with Crippen LogP contribution in [0, 0.1) is 0 Å². The minimum atomic E-state index is -0.257. The normalized spacial score (nSPS) is 14.1. The lowest BCUT2D eigenvalue weighted by molar-refractivity contribution is -0.133. The summed E-state index contributed by atoms with van der Waals surface area (Å²) in [6.45, 7) is 15.2. The topological polar surface area (TPSA) is 38.7 Å². The zero-order valence-electron chi connectivity index (χ0n) is 12.6. The van der Waals surface area contributed by atoms with Crippen LogP contribution in [0.4, 0.5) is 0 Å². The van der Waals surface area contributed by atoms with Crippen molar-refractivity contribution in [3.05, 3.63) is 0 Å². The van der Waals surface area contributed by atoms with E-state index in [4.69, 9.17) is 14.6 Å². The van der Waals surface area contributed by atoms with Crippen LogP contribution >= 0.6 is 0 Å². The van der Waals surface area contributed by atoms with Crippen LogP contribution in [-0.2, 0) is 9.47 Å². The second kappa shape index (κ2) is 6.17. The minimum Gasteiger partial charge on any atom is -0.396 e. The highest BCUT2D eigenvalue weighted by atomic mass is 16.5. The Hall–Kier alpha value is -0.120. The number of ether oxygens (including phenoxy) is 2. The van der Waals surface area contributed by atoms with Crippen molar-refractivity contribution < 1.29 is 14.6 Å². The molecule has 0 heterocycles. The van der Waals surface area contributed by atoms with Crippen molar-refractivity contribution in [2.75, 3.05) is 13.2 Å². The van der Waals surface area contributed by atoms with Gasteiger partial charge in [0.2, 0.25) is 0 Å². The fourth-order valence-electron chi connectivity index (χ4n) is 1.79. The molecule has 0 aromatic heterocycles. The molecule has 0 aromatic rings. The van der Waals surface area contributed by atoms with Gasteiger partial charge in [-0.2, -0.15) is 0 Å². The summed E-state index contributed by atoms with van der Waals surface area (Å²) in [4.78, 5) is 0. The van der Waals surface area contributed by atoms with E-state index in [1.165, 1.54) is 0 Å². The molecule has 0 rings (SSSR count). The first-order chi connectivity index (χ1) is 7.47. The molecule has 0 aromatic carbocycles. The summed E-state index contributed by atoms with van der Waals surface area (Å²) in [5.41, 5.74) is -0.579. The van der Waals surface area contributed by atoms with E-state index in [2.05, 4.69) is 34.6 Å². The van der Waals surface area contributed by atoms with Gasteiger partial charge in [0.05, 0.1) is 23.4 Å². The summed E-state index contributed by atoms with van der Waals surface area (Å²) in [5, 5.41) is 8.91. The van der Waals surface area contributed by atoms with Crippen molar-refractivity contribution in [3.8, 4) is 0 Å². The van der Waals surface area contributed by atoms with Gasteiger partial charge < -0.3 is 14.6 Å². The third kappa shape index (κ3) is 9.57. The van der Waals surface area contributed by atoms with Gasteiger partial charge in [0.15, 0.2) is 0 Å². The summed E-state index contributed by atoms with van der Waals surface area (Å²) in [7, 11) is 0. The Morgan fingerprint density at radius 1 is 0.824 bits per heavy atom. The van der Waals surface area contributed by atoms with Crippen LogP contribution in [0.5, 0.6) is 0 Å². The number of hydrogen-bond donors (Lipinski definition) is 1. The Morgan fingerprint density at radius 2 is 1.35 bits per heavy atom. The predicted molar refractivity (Wildman–Crippen MR) is 71.3 cm³/mol. The fraction of sp³-hybridized carbons (Fsp3) is 1.00. The standard InChI is InChI=1S/C14H30O3/c1-12(2,3)17-14(6,7)9-11-16-13(4,5)8-10-15/h15H,8-11H2,1-7H3. The van der Waals surface area contributed by atoms with Crippen molar-refractivity contribution in [1.29, 1.82) is 0 Å². The van der Waals surface area contributed by atoms with Crippen molar-refractivity contribution >= 4 is 0 Å². The molecular formula is C14H30O3. The lowest BCUT2D eigenvalue weighted by Crippen LogP contribution is -2.37. The van der Waals surface area contributed by atoms with Crippen LogP contribution < -0.4 is 0 Å². The quantitative estimate of drug-likeness (QED) is 0.750. The van der Waals surface area contributed by atoms with E-state index in [0.717, 1.165) is 6.42 Å². The van der Waals surface area contributed by atoms with E-state index < -0.39 is 0 Å². The van der Waals surface area contributed by atoms with Crippen molar-refractivity contribution in [2.24, 2.45) is 0 Å². The maximum absolute atomic E-state index is 8.91. The molecule has 104 valence electrons. The van der Waals surface area contributed by atoms with Crippen LogP contribution in [0.1, 0.15) is 61.3 Å². The molecule has 0 atom stereocenters. The van der Waals surface area contributed by atoms with Gasteiger partial charge in [-0.25, -0.2) is 0 Å². The lowest BCUT2D eigenvalue weighted by Gasteiger charge is -2.35. The molecule has 0 aliphatic heterocycles. The van der Waals surface area contributed by atoms with E-state index in [0.29, 0.717) is 13.0 Å². The monoisotopic (exact) mass is 246 g/mol. The minimum absolute atomic E-state index is 0.135. The third-order valence-electron chi connectivity index (χ3n) is 2.49. The van der Waals surface area contributed by atoms with Crippen LogP contribution in [0.2, 0.25) is 0 Å². The summed E-state index contributed by atoms with van der Waals surface area (Å²) in [6.07, 6.45) is 1.51. The van der Waals surface area contributed by atoms with Crippen LogP contribution in [-0.4, -0.2) is 35.1 Å². The van der Waals surface area contributed by atoms with Gasteiger partial charge in [-0.1, -0.05) is 0 Å². The average molecular weight is 246 g/mol. The molecule has 3 heteroatoms. The Kier molecular flexibility index (Phi) is 6.12. The summed E-state index contributed by atoms with van der Waals surface area (Å²) < 4.78 is 11.8. The van der Waals surface area contributed by atoms with Gasteiger partial charge in [0, 0.05) is 6.61 Å². The third-order valence-corrected chi connectivity index (χ3v) is 2.49. The molecule has 0 aliphatic rings. The second-order valence-corrected chi connectivity index (χ2v) is 6.81. The highest BCUT2D eigenvalue weighted by Gasteiger charge is 2.26. The van der Waals surface area contributed by atoms with Gasteiger partial charge in [-0.3, -0.25) is 0 Å². The molecular weight excluding hydrogens is 216 g/mol. The summed E-state index contributed by atoms with van der Waals surface area (Å²) in [6, 6.07) is 0. The number of hydrogen-bond acceptors (Lipinski definition) is 3. The number of rotatable bonds is 7. The van der Waals surface area contributed by atoms with Crippen molar-refractivity contribution in [3.63, 3.8) is 0 Å². The van der Waals surface area contributed by atoms with E-state index >= 15 is 0 Å². The van der Waals surface area contributed by atoms with Gasteiger partial charge in [0.25, 0.3) is 0 Å². The van der Waals surface area contributed by atoms with E-state index in [9.17, 15) is 0 Å². The maximum atomic E-state index is 8.91. The molecule has 0 unspecified atom stereocenters. The van der Waals surface area contributed by atoms with Gasteiger partial charge in [-0.15, -0.1) is 0 Å². The van der Waals surface area contributed by atoms with Crippen molar-refractivity contribution in [1.82, 2.24) is 0 Å². The van der Waals surface area contributed by atoms with Crippen LogP contribution in [0.15, 0.2) is 0 Å². The Labute approximate surface area is 107 Å². The first kappa shape index (κ1) is 16.9. The molecule has 0 bridgehead atoms. The molecule has 0 spiro atoms. The van der Waals surface area contributed by atoms with Gasteiger partial charge >= 0.3 is 0 Å². The zero-order valence-corrected chi connectivity index (χ0v) is 12.6. The summed E-state index contributed by atoms with van der Waals surface area (Å²) in [5.74, 6) is 0. The highest BCUT2D eigenvalue weighted by molar-refractivity contribution is 4.75. The number of aliphatic hydroxyl groups is 1. The molecule has 3 nitrogen and oxygen atoms in total. The van der Waals surface area contributed by atoms with Crippen molar-refractivity contribution in [2.45, 2.75) is 78.1 Å². The first-order valence-electron chi connectivity index (χ1n) is 6.42. The zero-order chi connectivity index (χ0) is 13.7. The number of aliphatic hydroxyl groups excluding tert-OH is 1. The molecule has 17 heavy (non-hydrogen) atoms. The maximum Gasteiger partial charge on any atom is 0.0655 e. The molecule has 0 saturated heterocycles. The summed E-state index contributed by atoms with van der Waals surface area (Å²) >= 11 is 0. The van der Waals surface area contributed by atoms with Crippen LogP contribution in [0.3, 0.4) is 0 Å². The fourth-order valence-corrected chi connectivity index (χ4v) is 1.79. The molecule has 0 amide bonds. The van der Waals surface area contributed by atoms with Gasteiger partial charge in [-0.05, 0) is 61.3 Å². The van der Waals surface area contributed by atoms with E-state index in [-0.39, 0.29) is 23.4 Å². The molecule has 0 saturated carbocycles. The molecule has 0 aliphatic carbocycles. The van der Waals surface area contributed by atoms with Gasteiger partial charge in [0.1, 0.15) is 0 Å². The Balaban J connectivity index is 4.03. The van der Waals surface area contributed by atoms with Crippen LogP contribution in [0.25, 0.3) is 0 Å². The first-order valence-corrected chi connectivity index (χ1v) is 6.42. The Morgan fingerprint density at radius 3 is 1.76 bits per heavy atom.